The molecule has 0 spiro atoms. The minimum Gasteiger partial charge on any atom is -0.387 e. The van der Waals surface area contributed by atoms with Gasteiger partial charge in [0.25, 0.3) is 0 Å². The summed E-state index contributed by atoms with van der Waals surface area (Å²) in [6.45, 7) is 8.45. The van der Waals surface area contributed by atoms with E-state index in [-0.39, 0.29) is 51.7 Å². The van der Waals surface area contributed by atoms with Crippen LogP contribution in [0.25, 0.3) is 22.2 Å². The maximum Gasteiger partial charge on any atom is 0.248 e. The van der Waals surface area contributed by atoms with Gasteiger partial charge in [0.2, 0.25) is 11.8 Å². The van der Waals surface area contributed by atoms with Crippen molar-refractivity contribution in [3.05, 3.63) is 63.5 Å². The molecule has 1 saturated heterocycles. The first-order valence-electron chi connectivity index (χ1n) is 14.2. The zero-order valence-electron chi connectivity index (χ0n) is 24.9. The van der Waals surface area contributed by atoms with Gasteiger partial charge in [0.1, 0.15) is 28.7 Å². The lowest BCUT2D eigenvalue weighted by Crippen LogP contribution is -2.47. The minimum atomic E-state index is -0.749. The number of pyridine rings is 1. The number of aryl methyl sites for hydroxylation is 2. The molecule has 6 rings (SSSR count). The SMILES string of the molecule is CC(=O)c1nn(CC(=O)N2[C@H](C(=O)Nc3nc(Br)c(F)cc3C)C[C@@]3(C)C[C@@H]23)c2c(C)cc(-c3cnc(C(C)O)cn3)cc12. The predicted octanol–water partition coefficient (Wildman–Crippen LogP) is 4.68. The highest BCUT2D eigenvalue weighted by atomic mass is 79.9. The molecule has 4 heterocycles. The van der Waals surface area contributed by atoms with E-state index in [0.29, 0.717) is 34.3 Å². The lowest BCUT2D eigenvalue weighted by atomic mass is 10.0. The minimum absolute atomic E-state index is 0.0123. The number of anilines is 1. The summed E-state index contributed by atoms with van der Waals surface area (Å²) in [7, 11) is 0. The van der Waals surface area contributed by atoms with Crippen molar-refractivity contribution in [1.82, 2.24) is 29.6 Å². The van der Waals surface area contributed by atoms with E-state index in [1.165, 1.54) is 23.9 Å². The molecule has 1 aliphatic heterocycles. The van der Waals surface area contributed by atoms with Crippen molar-refractivity contribution in [2.24, 2.45) is 5.41 Å². The number of benzene rings is 1. The number of piperidine rings is 1. The molecule has 4 aromatic rings. The molecule has 44 heavy (non-hydrogen) atoms. The monoisotopic (exact) mass is 663 g/mol. The van der Waals surface area contributed by atoms with E-state index in [9.17, 15) is 23.9 Å². The number of ketones is 1. The summed E-state index contributed by atoms with van der Waals surface area (Å²) < 4.78 is 15.4. The average Bonchev–Trinajstić information content (AvgIpc) is 3.32. The van der Waals surface area contributed by atoms with Gasteiger partial charge >= 0.3 is 0 Å². The topological polar surface area (TPSA) is 143 Å². The Bertz CT molecular complexity index is 1860. The number of Topliss-reactive ketones (excluding diaryl/α,β-unsaturated/α-hetero) is 1. The largest absolute Gasteiger partial charge is 0.387 e. The Morgan fingerprint density at radius 1 is 1.16 bits per heavy atom. The standard InChI is InChI=1S/C31H31BrFN7O4/c1-14-6-18(22-12-34-21(11-35-22)16(3)41)8-19-26(17(4)42)38-39(27(14)19)13-25(43)40-23(9-31(5)10-24(31)40)30(44)37-29-15(2)7-20(33)28(32)36-29/h6-8,11-12,16,23-24,41H,9-10,13H2,1-5H3,(H,36,37,44)/t16?,23-,24+,31-/m0/s1. The Hall–Kier alpha value is -4.10. The number of nitrogens with one attached hydrogen (secondary N) is 1. The van der Waals surface area contributed by atoms with Crippen molar-refractivity contribution >= 4 is 50.2 Å². The summed E-state index contributed by atoms with van der Waals surface area (Å²) >= 11 is 3.06. The number of aliphatic hydroxyl groups excluding tert-OH is 1. The molecule has 13 heteroatoms. The molecule has 3 aromatic heterocycles. The van der Waals surface area contributed by atoms with Crippen molar-refractivity contribution in [2.45, 2.75) is 72.2 Å². The Kier molecular flexibility index (Phi) is 7.36. The Morgan fingerprint density at radius 3 is 2.57 bits per heavy atom. The first-order valence-corrected chi connectivity index (χ1v) is 15.0. The van der Waals surface area contributed by atoms with E-state index >= 15 is 0 Å². The van der Waals surface area contributed by atoms with Crippen LogP contribution in [0, 0.1) is 25.1 Å². The number of aromatic nitrogens is 5. The molecule has 1 aliphatic carbocycles. The van der Waals surface area contributed by atoms with Gasteiger partial charge in [0.15, 0.2) is 11.6 Å². The number of fused-ring (bicyclic) bond motifs is 2. The van der Waals surface area contributed by atoms with Crippen LogP contribution >= 0.6 is 15.9 Å². The molecule has 2 fully saturated rings. The molecule has 228 valence electrons. The number of carbonyl (C=O) groups is 3. The zero-order valence-corrected chi connectivity index (χ0v) is 26.4. The van der Waals surface area contributed by atoms with Crippen molar-refractivity contribution in [1.29, 1.82) is 0 Å². The van der Waals surface area contributed by atoms with Crippen LogP contribution in [0.1, 0.15) is 67.0 Å². The highest BCUT2D eigenvalue weighted by Crippen LogP contribution is 2.59. The molecule has 0 radical (unpaired) electrons. The van der Waals surface area contributed by atoms with Crippen LogP contribution in [0.3, 0.4) is 0 Å². The van der Waals surface area contributed by atoms with Crippen molar-refractivity contribution in [3.8, 4) is 11.3 Å². The molecule has 1 unspecified atom stereocenters. The number of hydrogen-bond donors (Lipinski definition) is 2. The summed E-state index contributed by atoms with van der Waals surface area (Å²) in [6, 6.07) is 4.15. The smallest absolute Gasteiger partial charge is 0.248 e. The second-order valence-corrected chi connectivity index (χ2v) is 12.8. The molecule has 1 aromatic carbocycles. The van der Waals surface area contributed by atoms with Gasteiger partial charge in [-0.05, 0) is 84.3 Å². The second kappa shape index (κ2) is 10.8. The fraction of sp³-hybridized carbons (Fsp3) is 0.387. The van der Waals surface area contributed by atoms with Gasteiger partial charge in [0.05, 0.1) is 35.4 Å². The third-order valence-corrected chi connectivity index (χ3v) is 9.20. The third-order valence-electron chi connectivity index (χ3n) is 8.64. The van der Waals surface area contributed by atoms with Gasteiger partial charge < -0.3 is 15.3 Å². The molecule has 2 aliphatic rings. The Morgan fingerprint density at radius 2 is 1.91 bits per heavy atom. The van der Waals surface area contributed by atoms with Crippen LogP contribution in [0.5, 0.6) is 0 Å². The summed E-state index contributed by atoms with van der Waals surface area (Å²) in [5, 5.41) is 17.7. The lowest BCUT2D eigenvalue weighted by Gasteiger charge is -2.27. The number of hydrogen-bond acceptors (Lipinski definition) is 8. The quantitative estimate of drug-likeness (QED) is 0.214. The van der Waals surface area contributed by atoms with Crippen molar-refractivity contribution in [3.63, 3.8) is 0 Å². The fourth-order valence-corrected chi connectivity index (χ4v) is 6.50. The molecule has 4 atom stereocenters. The number of halogens is 2. The normalized spacial score (nSPS) is 21.3. The summed E-state index contributed by atoms with van der Waals surface area (Å²) in [5.41, 5.74) is 3.66. The predicted molar refractivity (Wildman–Crippen MR) is 163 cm³/mol. The van der Waals surface area contributed by atoms with Crippen LogP contribution < -0.4 is 5.32 Å². The maximum absolute atomic E-state index is 13.9. The van der Waals surface area contributed by atoms with Crippen LogP contribution in [0.4, 0.5) is 10.2 Å². The van der Waals surface area contributed by atoms with Gasteiger partial charge in [-0.2, -0.15) is 5.10 Å². The number of likely N-dealkylation sites (tertiary alicyclic amines) is 1. The average molecular weight is 665 g/mol. The molecule has 1 saturated carbocycles. The van der Waals surface area contributed by atoms with Gasteiger partial charge in [-0.1, -0.05) is 6.92 Å². The van der Waals surface area contributed by atoms with Crippen LogP contribution in [-0.2, 0) is 16.1 Å². The fourth-order valence-electron chi connectivity index (χ4n) is 6.21. The van der Waals surface area contributed by atoms with E-state index in [2.05, 4.69) is 48.2 Å². The van der Waals surface area contributed by atoms with Gasteiger partial charge in [-0.15, -0.1) is 0 Å². The van der Waals surface area contributed by atoms with E-state index in [1.54, 1.807) is 31.0 Å². The highest BCUT2D eigenvalue weighted by molar-refractivity contribution is 9.10. The summed E-state index contributed by atoms with van der Waals surface area (Å²) in [4.78, 5) is 54.5. The second-order valence-electron chi connectivity index (χ2n) is 12.1. The number of carbonyl (C=O) groups excluding carboxylic acids is 3. The Labute approximate surface area is 261 Å². The van der Waals surface area contributed by atoms with E-state index in [1.807, 2.05) is 13.0 Å². The number of aliphatic hydroxyl groups is 1. The number of amides is 2. The maximum atomic E-state index is 13.9. The van der Waals surface area contributed by atoms with Crippen molar-refractivity contribution in [2.75, 3.05) is 5.32 Å². The van der Waals surface area contributed by atoms with E-state index in [0.717, 1.165) is 17.5 Å². The van der Waals surface area contributed by atoms with Gasteiger partial charge in [-0.25, -0.2) is 9.37 Å². The zero-order chi connectivity index (χ0) is 31.7. The summed E-state index contributed by atoms with van der Waals surface area (Å²) in [5.74, 6) is -1.24. The van der Waals surface area contributed by atoms with Crippen LogP contribution in [-0.4, -0.2) is 64.4 Å². The van der Waals surface area contributed by atoms with Crippen molar-refractivity contribution < 1.29 is 23.9 Å². The number of nitrogens with zero attached hydrogens (tertiary/aromatic N) is 6. The molecule has 2 N–H and O–H groups in total. The first kappa shape index (κ1) is 29.9. The van der Waals surface area contributed by atoms with E-state index < -0.39 is 18.0 Å². The van der Waals surface area contributed by atoms with Crippen LogP contribution in [0.2, 0.25) is 0 Å². The molecule has 0 bridgehead atoms. The van der Waals surface area contributed by atoms with E-state index in [4.69, 9.17) is 0 Å². The highest BCUT2D eigenvalue weighted by Gasteiger charge is 2.64. The molecule has 11 nitrogen and oxygen atoms in total. The van der Waals surface area contributed by atoms with Gasteiger partial charge in [-0.3, -0.25) is 29.0 Å². The first-order chi connectivity index (χ1) is 20.8. The molecular weight excluding hydrogens is 633 g/mol. The molecular formula is C31H31BrFN7O4. The van der Waals surface area contributed by atoms with Gasteiger partial charge in [0, 0.05) is 23.9 Å². The van der Waals surface area contributed by atoms with Crippen LogP contribution in [0.15, 0.2) is 35.2 Å². The summed E-state index contributed by atoms with van der Waals surface area (Å²) in [6.07, 6.45) is 3.61. The third kappa shape index (κ3) is 5.17. The Balaban J connectivity index is 1.30. The lowest BCUT2D eigenvalue weighted by molar-refractivity contribution is -0.138. The number of rotatable bonds is 7. The molecule has 2 amide bonds.